The number of imidazole rings is 1. The van der Waals surface area contributed by atoms with Gasteiger partial charge in [0.15, 0.2) is 0 Å². The lowest BCUT2D eigenvalue weighted by atomic mass is 10.1. The first kappa shape index (κ1) is 12.2. The summed E-state index contributed by atoms with van der Waals surface area (Å²) in [7, 11) is 1.48. The summed E-state index contributed by atoms with van der Waals surface area (Å²) >= 11 is 0. The van der Waals surface area contributed by atoms with Gasteiger partial charge >= 0.3 is 0 Å². The molecule has 0 aliphatic heterocycles. The number of aliphatic hydroxyl groups is 1. The summed E-state index contributed by atoms with van der Waals surface area (Å²) in [5.41, 5.74) is 0.870. The van der Waals surface area contributed by atoms with Crippen LogP contribution in [0.5, 0.6) is 5.75 Å². The number of benzene rings is 1. The normalized spacial score (nSPS) is 16.4. The molecular weight excluding hydrogens is 247 g/mol. The smallest absolute Gasteiger partial charge is 0.133 e. The molecule has 1 aromatic carbocycles. The molecule has 5 heteroatoms. The molecule has 0 saturated heterocycles. The highest BCUT2D eigenvalue weighted by Gasteiger charge is 2.28. The molecule has 1 N–H and O–H groups in total. The molecule has 0 spiro atoms. The molecule has 1 heterocycles. The third-order valence-corrected chi connectivity index (χ3v) is 3.42. The molecule has 0 amide bonds. The van der Waals surface area contributed by atoms with Crippen molar-refractivity contribution in [2.24, 2.45) is 0 Å². The maximum absolute atomic E-state index is 14.0. The maximum Gasteiger partial charge on any atom is 0.133 e. The summed E-state index contributed by atoms with van der Waals surface area (Å²) in [6.45, 7) is 0. The van der Waals surface area contributed by atoms with Crippen molar-refractivity contribution in [2.45, 2.75) is 25.0 Å². The summed E-state index contributed by atoms with van der Waals surface area (Å²) in [6.07, 6.45) is 4.45. The summed E-state index contributed by atoms with van der Waals surface area (Å²) in [6, 6.07) is 4.85. The van der Waals surface area contributed by atoms with Gasteiger partial charge in [-0.05, 0) is 25.0 Å². The van der Waals surface area contributed by atoms with E-state index in [2.05, 4.69) is 4.98 Å². The van der Waals surface area contributed by atoms with Crippen molar-refractivity contribution in [3.8, 4) is 5.75 Å². The van der Waals surface area contributed by atoms with Crippen LogP contribution in [0.15, 0.2) is 30.7 Å². The zero-order valence-electron chi connectivity index (χ0n) is 10.6. The highest BCUT2D eigenvalue weighted by atomic mass is 19.1. The van der Waals surface area contributed by atoms with E-state index in [4.69, 9.17) is 4.74 Å². The highest BCUT2D eigenvalue weighted by molar-refractivity contribution is 5.33. The summed E-state index contributed by atoms with van der Waals surface area (Å²) < 4.78 is 20.8. The van der Waals surface area contributed by atoms with E-state index in [-0.39, 0.29) is 5.56 Å². The average Bonchev–Trinajstić information content (AvgIpc) is 3.15. The van der Waals surface area contributed by atoms with Gasteiger partial charge in [-0.2, -0.15) is 0 Å². The van der Waals surface area contributed by atoms with Crippen molar-refractivity contribution >= 4 is 0 Å². The van der Waals surface area contributed by atoms with Gasteiger partial charge < -0.3 is 14.4 Å². The van der Waals surface area contributed by atoms with E-state index < -0.39 is 11.9 Å². The summed E-state index contributed by atoms with van der Waals surface area (Å²) in [4.78, 5) is 4.05. The third kappa shape index (κ3) is 2.21. The highest BCUT2D eigenvalue weighted by Crippen LogP contribution is 2.38. The number of ether oxygens (including phenoxy) is 1. The molecule has 2 aromatic rings. The van der Waals surface area contributed by atoms with Crippen molar-refractivity contribution in [3.63, 3.8) is 0 Å². The summed E-state index contributed by atoms with van der Waals surface area (Å²) in [5, 5.41) is 10.3. The van der Waals surface area contributed by atoms with Crippen LogP contribution < -0.4 is 4.74 Å². The Hall–Kier alpha value is -1.88. The second-order valence-electron chi connectivity index (χ2n) is 4.75. The first-order valence-corrected chi connectivity index (χ1v) is 6.24. The van der Waals surface area contributed by atoms with E-state index in [0.29, 0.717) is 17.5 Å². The fourth-order valence-corrected chi connectivity index (χ4v) is 2.20. The van der Waals surface area contributed by atoms with E-state index in [1.807, 2.05) is 4.57 Å². The van der Waals surface area contributed by atoms with Crippen molar-refractivity contribution in [2.75, 3.05) is 7.11 Å². The van der Waals surface area contributed by atoms with Crippen molar-refractivity contribution in [3.05, 3.63) is 47.8 Å². The lowest BCUT2D eigenvalue weighted by Crippen LogP contribution is -2.08. The Morgan fingerprint density at radius 3 is 2.89 bits per heavy atom. The number of halogens is 1. The topological polar surface area (TPSA) is 47.3 Å². The lowest BCUT2D eigenvalue weighted by molar-refractivity contribution is 0.204. The number of aromatic nitrogens is 2. The standard InChI is InChI=1S/C14H15FN2O2/c1-19-10-4-5-11(12(15)6-10)14(18)13-7-16-8-17(13)9-2-3-9/h4-9,14,18H,2-3H2,1H3. The second-order valence-corrected chi connectivity index (χ2v) is 4.75. The Morgan fingerprint density at radius 2 is 2.26 bits per heavy atom. The summed E-state index contributed by atoms with van der Waals surface area (Å²) in [5.74, 6) is -0.0421. The number of nitrogens with zero attached hydrogens (tertiary/aromatic N) is 2. The fraction of sp³-hybridized carbons (Fsp3) is 0.357. The number of hydrogen-bond donors (Lipinski definition) is 1. The van der Waals surface area contributed by atoms with Gasteiger partial charge in [0.1, 0.15) is 17.7 Å². The molecule has 1 fully saturated rings. The molecule has 1 aliphatic rings. The number of aliphatic hydroxyl groups excluding tert-OH is 1. The van der Waals surface area contributed by atoms with E-state index in [1.54, 1.807) is 24.7 Å². The predicted molar refractivity (Wildman–Crippen MR) is 67.5 cm³/mol. The quantitative estimate of drug-likeness (QED) is 0.920. The molecule has 19 heavy (non-hydrogen) atoms. The zero-order valence-corrected chi connectivity index (χ0v) is 10.6. The minimum absolute atomic E-state index is 0.239. The molecular formula is C14H15FN2O2. The monoisotopic (exact) mass is 262 g/mol. The first-order chi connectivity index (χ1) is 9.20. The molecule has 100 valence electrons. The van der Waals surface area contributed by atoms with E-state index in [9.17, 15) is 9.50 Å². The van der Waals surface area contributed by atoms with Crippen molar-refractivity contribution < 1.29 is 14.2 Å². The van der Waals surface area contributed by atoms with Gasteiger partial charge in [-0.15, -0.1) is 0 Å². The predicted octanol–water partition coefficient (Wildman–Crippen LogP) is 2.45. The first-order valence-electron chi connectivity index (χ1n) is 6.24. The number of hydrogen-bond acceptors (Lipinski definition) is 3. The number of rotatable bonds is 4. The van der Waals surface area contributed by atoms with Gasteiger partial charge in [0.25, 0.3) is 0 Å². The largest absolute Gasteiger partial charge is 0.497 e. The molecule has 1 aromatic heterocycles. The Labute approximate surface area is 110 Å². The molecule has 0 bridgehead atoms. The van der Waals surface area contributed by atoms with Gasteiger partial charge in [-0.25, -0.2) is 9.37 Å². The molecule has 1 aliphatic carbocycles. The van der Waals surface area contributed by atoms with Crippen LogP contribution >= 0.6 is 0 Å². The van der Waals surface area contributed by atoms with Crippen LogP contribution in [0.2, 0.25) is 0 Å². The van der Waals surface area contributed by atoms with Crippen LogP contribution in [0.25, 0.3) is 0 Å². The van der Waals surface area contributed by atoms with Crippen LogP contribution in [0.3, 0.4) is 0 Å². The van der Waals surface area contributed by atoms with E-state index in [1.165, 1.54) is 13.2 Å². The molecule has 0 radical (unpaired) electrons. The Bertz CT molecular complexity index is 593. The van der Waals surface area contributed by atoms with Gasteiger partial charge in [0.2, 0.25) is 0 Å². The lowest BCUT2D eigenvalue weighted by Gasteiger charge is -2.15. The minimum atomic E-state index is -1.01. The van der Waals surface area contributed by atoms with Crippen LogP contribution in [-0.4, -0.2) is 21.8 Å². The van der Waals surface area contributed by atoms with Crippen LogP contribution in [0.1, 0.15) is 36.2 Å². The van der Waals surface area contributed by atoms with Crippen molar-refractivity contribution in [1.82, 2.24) is 9.55 Å². The van der Waals surface area contributed by atoms with Crippen LogP contribution in [-0.2, 0) is 0 Å². The Balaban J connectivity index is 1.94. The van der Waals surface area contributed by atoms with Gasteiger partial charge in [-0.1, -0.05) is 0 Å². The van der Waals surface area contributed by atoms with Gasteiger partial charge in [-0.3, -0.25) is 0 Å². The zero-order chi connectivity index (χ0) is 13.4. The van der Waals surface area contributed by atoms with Gasteiger partial charge in [0.05, 0.1) is 25.3 Å². The average molecular weight is 262 g/mol. The Morgan fingerprint density at radius 1 is 1.47 bits per heavy atom. The second kappa shape index (κ2) is 4.66. The van der Waals surface area contributed by atoms with E-state index in [0.717, 1.165) is 12.8 Å². The molecule has 3 rings (SSSR count). The fourth-order valence-electron chi connectivity index (χ4n) is 2.20. The molecule has 1 unspecified atom stereocenters. The molecule has 1 atom stereocenters. The molecule has 4 nitrogen and oxygen atoms in total. The van der Waals surface area contributed by atoms with Crippen LogP contribution in [0.4, 0.5) is 4.39 Å². The number of methoxy groups -OCH3 is 1. The van der Waals surface area contributed by atoms with E-state index >= 15 is 0 Å². The minimum Gasteiger partial charge on any atom is -0.497 e. The molecule has 1 saturated carbocycles. The third-order valence-electron chi connectivity index (χ3n) is 3.42. The van der Waals surface area contributed by atoms with Crippen LogP contribution in [0, 0.1) is 5.82 Å². The van der Waals surface area contributed by atoms with Gasteiger partial charge in [0, 0.05) is 17.7 Å². The Kier molecular flexibility index (Phi) is 2.98. The maximum atomic E-state index is 14.0. The SMILES string of the molecule is COc1ccc(C(O)c2cncn2C2CC2)c(F)c1. The van der Waals surface area contributed by atoms with Crippen molar-refractivity contribution in [1.29, 1.82) is 0 Å².